The fraction of sp³-hybridized carbons (Fsp3) is 0.609. The molecule has 0 aliphatic carbocycles. The smallest absolute Gasteiger partial charge is 0.310 e. The maximum atomic E-state index is 12.8. The third-order valence-electron chi connectivity index (χ3n) is 11.4. The third-order valence-corrected chi connectivity index (χ3v) is 11.4. The molecular formula is C64H102O6. The molecule has 0 aliphatic heterocycles. The van der Waals surface area contributed by atoms with Crippen molar-refractivity contribution in [2.45, 2.75) is 239 Å². The molecule has 0 amide bonds. The molecule has 0 saturated heterocycles. The average Bonchev–Trinajstić information content (AvgIpc) is 3.36. The Balaban J connectivity index is 4.46. The van der Waals surface area contributed by atoms with Gasteiger partial charge in [0.1, 0.15) is 13.2 Å². The average molecular weight is 968 g/mol. The van der Waals surface area contributed by atoms with Crippen molar-refractivity contribution in [2.24, 2.45) is 0 Å². The molecule has 6 heteroatoms. The maximum Gasteiger partial charge on any atom is 0.310 e. The van der Waals surface area contributed by atoms with E-state index in [4.69, 9.17) is 14.2 Å². The fourth-order valence-corrected chi connectivity index (χ4v) is 7.29. The van der Waals surface area contributed by atoms with Crippen LogP contribution in [0.4, 0.5) is 0 Å². The standard InChI is InChI=1S/C64H102O6/c1-4-7-10-13-16-19-22-25-27-28-29-30-31-32-33-34-35-36-38-39-42-45-48-51-54-57-63(66)69-60-61(59-68-62(65)56-53-50-47-44-41-24-21-18-15-12-9-6-3)70-64(67)58-55-52-49-46-43-40-37-26-23-20-17-14-11-8-5-2/h7-8,10-11,16-17,19-20,25-27,29-30,32-33,35-37,43,46,52,55,61H,4-6,9,12-15,18,21-24,28,31,34,38-42,44-45,47-51,53-54,56-60H2,1-3H3/b10-7-,11-8-,19-16-,20-17-,27-25-,30-29-,33-32-,36-35-,37-26-,46-43-,55-52-. The van der Waals surface area contributed by atoms with E-state index in [1.54, 1.807) is 6.08 Å². The van der Waals surface area contributed by atoms with Crippen LogP contribution in [0.25, 0.3) is 0 Å². The number of unbranched alkanes of at least 4 members (excludes halogenated alkanes) is 17. The van der Waals surface area contributed by atoms with Gasteiger partial charge in [-0.2, -0.15) is 0 Å². The zero-order valence-corrected chi connectivity index (χ0v) is 45.0. The van der Waals surface area contributed by atoms with E-state index in [1.165, 1.54) is 70.6 Å². The zero-order valence-electron chi connectivity index (χ0n) is 45.0. The SMILES string of the molecule is CC/C=C\C/C=C\C/C=C\C/C=C\C/C=C\C/C=C\CCCCCCCCC(=O)OCC(COC(=O)CCCCCCCCCCCCCC)OC(=O)C/C=C\C/C=C\C/C=C\C/C=C\C/C=C\CC. The van der Waals surface area contributed by atoms with E-state index < -0.39 is 12.1 Å². The highest BCUT2D eigenvalue weighted by Gasteiger charge is 2.19. The number of hydrogen-bond donors (Lipinski definition) is 0. The molecule has 0 aromatic rings. The second kappa shape index (κ2) is 57.1. The van der Waals surface area contributed by atoms with E-state index in [1.807, 2.05) is 6.08 Å². The number of rotatable bonds is 49. The van der Waals surface area contributed by atoms with Crippen LogP contribution in [-0.4, -0.2) is 37.2 Å². The minimum absolute atomic E-state index is 0.0894. The maximum absolute atomic E-state index is 12.8. The second-order valence-electron chi connectivity index (χ2n) is 18.1. The van der Waals surface area contributed by atoms with Crippen molar-refractivity contribution in [1.82, 2.24) is 0 Å². The number of ether oxygens (including phenoxy) is 3. The fourth-order valence-electron chi connectivity index (χ4n) is 7.29. The summed E-state index contributed by atoms with van der Waals surface area (Å²) < 4.78 is 16.7. The lowest BCUT2D eigenvalue weighted by atomic mass is 10.0. The molecule has 0 aromatic carbocycles. The van der Waals surface area contributed by atoms with Crippen molar-refractivity contribution in [3.63, 3.8) is 0 Å². The second-order valence-corrected chi connectivity index (χ2v) is 18.1. The van der Waals surface area contributed by atoms with E-state index in [9.17, 15) is 14.4 Å². The molecule has 0 bridgehead atoms. The van der Waals surface area contributed by atoms with Crippen LogP contribution in [0.15, 0.2) is 134 Å². The molecule has 6 nitrogen and oxygen atoms in total. The molecule has 1 unspecified atom stereocenters. The van der Waals surface area contributed by atoms with Crippen molar-refractivity contribution in [1.29, 1.82) is 0 Å². The Labute approximate surface area is 430 Å². The first-order valence-corrected chi connectivity index (χ1v) is 28.2. The molecule has 0 rings (SSSR count). The van der Waals surface area contributed by atoms with E-state index in [0.29, 0.717) is 19.3 Å². The van der Waals surface area contributed by atoms with E-state index in [0.717, 1.165) is 116 Å². The Morgan fingerprint density at radius 1 is 0.314 bits per heavy atom. The van der Waals surface area contributed by atoms with Gasteiger partial charge in [-0.1, -0.05) is 251 Å². The van der Waals surface area contributed by atoms with Gasteiger partial charge in [0.05, 0.1) is 6.42 Å². The molecule has 0 spiro atoms. The summed E-state index contributed by atoms with van der Waals surface area (Å²) in [6, 6.07) is 0. The first-order chi connectivity index (χ1) is 34.5. The van der Waals surface area contributed by atoms with Crippen LogP contribution in [0.1, 0.15) is 233 Å². The van der Waals surface area contributed by atoms with Crippen LogP contribution in [0, 0.1) is 0 Å². The number of hydrogen-bond acceptors (Lipinski definition) is 6. The van der Waals surface area contributed by atoms with Crippen molar-refractivity contribution in [3.05, 3.63) is 134 Å². The largest absolute Gasteiger partial charge is 0.462 e. The number of allylic oxidation sites excluding steroid dienone is 21. The molecule has 0 saturated carbocycles. The minimum Gasteiger partial charge on any atom is -0.462 e. The molecule has 0 aliphatic rings. The van der Waals surface area contributed by atoms with E-state index >= 15 is 0 Å². The molecule has 0 aromatic heterocycles. The van der Waals surface area contributed by atoms with Crippen LogP contribution in [0.2, 0.25) is 0 Å². The summed E-state index contributed by atoms with van der Waals surface area (Å²) in [6.45, 7) is 6.30. The topological polar surface area (TPSA) is 78.9 Å². The van der Waals surface area contributed by atoms with Crippen LogP contribution in [0.5, 0.6) is 0 Å². The normalized spacial score (nSPS) is 13.1. The van der Waals surface area contributed by atoms with Crippen molar-refractivity contribution < 1.29 is 28.6 Å². The number of carbonyl (C=O) groups excluding carboxylic acids is 3. The summed E-state index contributed by atoms with van der Waals surface area (Å²) in [5.41, 5.74) is 0. The van der Waals surface area contributed by atoms with Gasteiger partial charge in [-0.05, 0) is 96.3 Å². The third kappa shape index (κ3) is 54.5. The van der Waals surface area contributed by atoms with Gasteiger partial charge in [0.2, 0.25) is 0 Å². The van der Waals surface area contributed by atoms with Gasteiger partial charge in [-0.3, -0.25) is 14.4 Å². The molecule has 1 atom stereocenters. The molecule has 70 heavy (non-hydrogen) atoms. The van der Waals surface area contributed by atoms with Gasteiger partial charge in [0.15, 0.2) is 6.10 Å². The van der Waals surface area contributed by atoms with Gasteiger partial charge < -0.3 is 14.2 Å². The highest BCUT2D eigenvalue weighted by atomic mass is 16.6. The Morgan fingerprint density at radius 2 is 0.600 bits per heavy atom. The van der Waals surface area contributed by atoms with Crippen LogP contribution in [-0.2, 0) is 28.6 Å². The molecule has 0 radical (unpaired) electrons. The highest BCUT2D eigenvalue weighted by Crippen LogP contribution is 2.14. The van der Waals surface area contributed by atoms with Crippen molar-refractivity contribution in [3.8, 4) is 0 Å². The summed E-state index contributed by atoms with van der Waals surface area (Å²) >= 11 is 0. The van der Waals surface area contributed by atoms with Crippen molar-refractivity contribution >= 4 is 17.9 Å². The quantitative estimate of drug-likeness (QED) is 0.0262. The molecule has 0 N–H and O–H groups in total. The first-order valence-electron chi connectivity index (χ1n) is 28.2. The minimum atomic E-state index is -0.841. The van der Waals surface area contributed by atoms with E-state index in [2.05, 4.69) is 142 Å². The molecular weight excluding hydrogens is 865 g/mol. The van der Waals surface area contributed by atoms with Gasteiger partial charge in [-0.25, -0.2) is 0 Å². The van der Waals surface area contributed by atoms with Crippen LogP contribution in [0.3, 0.4) is 0 Å². The summed E-state index contributed by atoms with van der Waals surface area (Å²) in [6.07, 6.45) is 80.4. The Kier molecular flexibility index (Phi) is 53.5. The van der Waals surface area contributed by atoms with Gasteiger partial charge in [0, 0.05) is 12.8 Å². The lowest BCUT2D eigenvalue weighted by Crippen LogP contribution is -2.30. The predicted octanol–water partition coefficient (Wildman–Crippen LogP) is 19.0. The monoisotopic (exact) mass is 967 g/mol. The van der Waals surface area contributed by atoms with Crippen LogP contribution < -0.4 is 0 Å². The number of carbonyl (C=O) groups is 3. The van der Waals surface area contributed by atoms with Gasteiger partial charge >= 0.3 is 17.9 Å². The van der Waals surface area contributed by atoms with E-state index in [-0.39, 0.29) is 31.6 Å². The Bertz CT molecular complexity index is 1530. The summed E-state index contributed by atoms with van der Waals surface area (Å²) in [4.78, 5) is 38.0. The van der Waals surface area contributed by atoms with Crippen LogP contribution >= 0.6 is 0 Å². The lowest BCUT2D eigenvalue weighted by Gasteiger charge is -2.18. The van der Waals surface area contributed by atoms with Gasteiger partial charge in [0.25, 0.3) is 0 Å². The Hall–Kier alpha value is -4.45. The lowest BCUT2D eigenvalue weighted by molar-refractivity contribution is -0.166. The summed E-state index contributed by atoms with van der Waals surface area (Å²) in [7, 11) is 0. The molecule has 394 valence electrons. The highest BCUT2D eigenvalue weighted by molar-refractivity contribution is 5.72. The Morgan fingerprint density at radius 3 is 0.943 bits per heavy atom. The predicted molar refractivity (Wildman–Crippen MR) is 302 cm³/mol. The summed E-state index contributed by atoms with van der Waals surface area (Å²) in [5, 5.41) is 0. The first kappa shape index (κ1) is 65.5. The van der Waals surface area contributed by atoms with Crippen molar-refractivity contribution in [2.75, 3.05) is 13.2 Å². The van der Waals surface area contributed by atoms with Gasteiger partial charge in [-0.15, -0.1) is 0 Å². The molecule has 0 fully saturated rings. The summed E-state index contributed by atoms with van der Waals surface area (Å²) in [5.74, 6) is -1.07. The zero-order chi connectivity index (χ0) is 50.7. The molecule has 0 heterocycles. The number of esters is 3.